The Hall–Kier alpha value is -6.91. The maximum atomic E-state index is 14.3. The topological polar surface area (TPSA) is 457 Å². The number of rotatable bonds is 27. The van der Waals surface area contributed by atoms with Crippen LogP contribution in [0.4, 0.5) is 13.6 Å². The lowest BCUT2D eigenvalue weighted by Crippen LogP contribution is -2.67. The van der Waals surface area contributed by atoms with E-state index in [9.17, 15) is 78.7 Å². The van der Waals surface area contributed by atoms with E-state index in [0.29, 0.717) is 24.0 Å². The molecule has 3 aliphatic heterocycles. The largest absolute Gasteiger partial charge is 0.394 e. The molecule has 33 nitrogen and oxygen atoms in total. The van der Waals surface area contributed by atoms with E-state index in [0.717, 1.165) is 36.8 Å². The van der Waals surface area contributed by atoms with Crippen molar-refractivity contribution in [2.75, 3.05) is 53.5 Å². The van der Waals surface area contributed by atoms with Gasteiger partial charge in [-0.1, -0.05) is 80.1 Å². The Balaban J connectivity index is 0.771. The van der Waals surface area contributed by atoms with E-state index >= 15 is 0 Å². The van der Waals surface area contributed by atoms with Crippen LogP contribution in [-0.2, 0) is 52.3 Å². The number of nitrogens with one attached hydrogen (secondary N) is 5. The van der Waals surface area contributed by atoms with Gasteiger partial charge in [0.25, 0.3) is 5.91 Å². The zero-order chi connectivity index (χ0) is 73.9. The number of likely N-dealkylation sites (N-methyl/N-ethyl adjacent to an activating group) is 1. The Morgan fingerprint density at radius 3 is 1.78 bits per heavy atom. The van der Waals surface area contributed by atoms with Crippen molar-refractivity contribution >= 4 is 29.7 Å². The van der Waals surface area contributed by atoms with Crippen molar-refractivity contribution in [3.8, 4) is 22.5 Å². The molecule has 15 unspecified atom stereocenters. The summed E-state index contributed by atoms with van der Waals surface area (Å²) in [7, 11) is 3.16. The molecule has 0 bridgehead atoms. The van der Waals surface area contributed by atoms with Crippen molar-refractivity contribution in [3.63, 3.8) is 0 Å². The Kier molecular flexibility index (Phi) is 27.4. The molecule has 35 heteroatoms. The van der Waals surface area contributed by atoms with Gasteiger partial charge >= 0.3 is 6.03 Å². The fraction of sp³-hybridized carbons (Fsp3) is 0.691. The molecule has 5 heterocycles. The predicted molar refractivity (Wildman–Crippen MR) is 354 cm³/mol. The van der Waals surface area contributed by atoms with Gasteiger partial charge in [0.15, 0.2) is 18.9 Å². The van der Waals surface area contributed by atoms with Gasteiger partial charge in [-0.05, 0) is 75.1 Å². The molecule has 24 atom stereocenters. The maximum Gasteiger partial charge on any atom is 0.314 e. The standard InChI is InChI=1S/C68H98F2N12O21/c1-6-36-23-39(28-47(60(36)103-67-59(92)58(91)53(86)33(2)97-67)100-65-51(75-34(3)85)61(56(89)50(32-84)101-65)98-48(64(95)80(4)5)22-35-12-8-7-9-13-35)62(93)71-18-20-73-68(96)74-21-19-72-63(94)40-26-45(81-29-43(76-78-81)37-14-10-16-41(69)24-37)54(87)46(27-40)99-66-57(90)52(55(88)49(31-83)102-66)82-30-44(77-79-82)38-15-11-17-42(70)25-38/h10-11,14-17,24-25,29-30,33,35-36,39-40,45-61,65-67,83-84,86-92H,6-9,12-13,18-23,26-28,31-32H2,1-5H3,(H,71,93)(H,72,94)(H,75,85)(H2,73,74,96)/t33?,36?,39?,40?,45?,46-,47-,48+,49?,50?,51?,52?,53-,54?,55+,56+,57?,58?,59?,60?,61?,65-,66-,67+/m1/s1. The van der Waals surface area contributed by atoms with Gasteiger partial charge in [-0.3, -0.25) is 19.2 Å². The Bertz CT molecular complexity index is 3450. The summed E-state index contributed by atoms with van der Waals surface area (Å²) in [6, 6.07) is 6.72. The van der Waals surface area contributed by atoms with Gasteiger partial charge in [-0.25, -0.2) is 22.9 Å². The van der Waals surface area contributed by atoms with Gasteiger partial charge in [-0.15, -0.1) is 10.2 Å². The summed E-state index contributed by atoms with van der Waals surface area (Å²) in [5.74, 6) is -5.20. The first-order valence-electron chi connectivity index (χ1n) is 35.3. The number of aliphatic hydroxyl groups is 9. The molecule has 6 fully saturated rings. The summed E-state index contributed by atoms with van der Waals surface area (Å²) in [6.07, 6.45) is -17.5. The molecule has 3 saturated heterocycles. The van der Waals surface area contributed by atoms with Crippen LogP contribution in [0.3, 0.4) is 0 Å². The van der Waals surface area contributed by atoms with E-state index < -0.39 is 195 Å². The number of amides is 6. The lowest BCUT2D eigenvalue weighted by Gasteiger charge is -2.49. The Morgan fingerprint density at radius 2 is 1.18 bits per heavy atom. The van der Waals surface area contributed by atoms with Gasteiger partial charge in [0.2, 0.25) is 17.7 Å². The van der Waals surface area contributed by atoms with E-state index in [-0.39, 0.29) is 75.1 Å². The van der Waals surface area contributed by atoms with Crippen molar-refractivity contribution in [2.24, 2.45) is 23.7 Å². The molecular formula is C68H98F2N12O21. The average molecular weight is 1460 g/mol. The van der Waals surface area contributed by atoms with E-state index in [2.05, 4.69) is 47.2 Å². The van der Waals surface area contributed by atoms with Crippen molar-refractivity contribution in [2.45, 2.75) is 220 Å². The minimum atomic E-state index is -1.74. The number of ether oxygens (including phenoxy) is 7. The third-order valence-electron chi connectivity index (χ3n) is 20.4. The lowest BCUT2D eigenvalue weighted by molar-refractivity contribution is -0.338. The van der Waals surface area contributed by atoms with Gasteiger partial charge in [0.1, 0.15) is 102 Å². The minimum Gasteiger partial charge on any atom is -0.394 e. The Morgan fingerprint density at radius 1 is 0.631 bits per heavy atom. The van der Waals surface area contributed by atoms with Gasteiger partial charge < -0.3 is 111 Å². The van der Waals surface area contributed by atoms with Crippen LogP contribution >= 0.6 is 0 Å². The quantitative estimate of drug-likeness (QED) is 0.0313. The zero-order valence-corrected chi connectivity index (χ0v) is 58.0. The summed E-state index contributed by atoms with van der Waals surface area (Å²) in [5, 5.41) is 131. The maximum absolute atomic E-state index is 14.3. The van der Waals surface area contributed by atoms with Crippen LogP contribution in [0.15, 0.2) is 60.9 Å². The molecule has 0 spiro atoms. The van der Waals surface area contributed by atoms with E-state index in [4.69, 9.17) is 33.2 Å². The van der Waals surface area contributed by atoms with Gasteiger partial charge in [0.05, 0.1) is 56.1 Å². The molecule has 6 aliphatic rings. The number of nitrogens with zero attached hydrogens (tertiary/aromatic N) is 7. The van der Waals surface area contributed by atoms with Crippen LogP contribution in [0.25, 0.3) is 22.5 Å². The number of benzene rings is 2. The molecule has 2 aromatic carbocycles. The first-order chi connectivity index (χ1) is 49.3. The number of carbonyl (C=O) groups is 5. The summed E-state index contributed by atoms with van der Waals surface area (Å²) >= 11 is 0. The molecule has 3 saturated carbocycles. The third kappa shape index (κ3) is 19.2. The van der Waals surface area contributed by atoms with Crippen LogP contribution in [0.2, 0.25) is 0 Å². The Labute approximate surface area is 593 Å². The number of urea groups is 1. The highest BCUT2D eigenvalue weighted by atomic mass is 19.1. The normalized spacial score (nSPS) is 33.8. The first kappa shape index (κ1) is 78.7. The smallest absolute Gasteiger partial charge is 0.314 e. The van der Waals surface area contributed by atoms with Gasteiger partial charge in [0, 0.05) is 70.2 Å². The third-order valence-corrected chi connectivity index (χ3v) is 20.4. The highest BCUT2D eigenvalue weighted by Crippen LogP contribution is 2.42. The number of hydrogen-bond donors (Lipinski definition) is 14. The predicted octanol–water partition coefficient (Wildman–Crippen LogP) is -1.18. The van der Waals surface area contributed by atoms with Crippen LogP contribution in [0.5, 0.6) is 0 Å². The summed E-state index contributed by atoms with van der Waals surface area (Å²) < 4.78 is 75.1. The van der Waals surface area contributed by atoms with Gasteiger partial charge in [-0.2, -0.15) is 0 Å². The number of hydrogen-bond acceptors (Lipinski definition) is 25. The van der Waals surface area contributed by atoms with Crippen molar-refractivity contribution in [1.82, 2.24) is 61.5 Å². The first-order valence-corrected chi connectivity index (χ1v) is 35.3. The summed E-state index contributed by atoms with van der Waals surface area (Å²) in [6.45, 7) is 2.71. The molecule has 103 heavy (non-hydrogen) atoms. The fourth-order valence-electron chi connectivity index (χ4n) is 14.8. The molecule has 10 rings (SSSR count). The second-order valence-corrected chi connectivity index (χ2v) is 27.8. The van der Waals surface area contributed by atoms with Crippen molar-refractivity contribution in [3.05, 3.63) is 72.6 Å². The highest BCUT2D eigenvalue weighted by Gasteiger charge is 2.54. The second kappa shape index (κ2) is 35.9. The number of carbonyl (C=O) groups excluding carboxylic acids is 5. The summed E-state index contributed by atoms with van der Waals surface area (Å²) in [4.78, 5) is 70.0. The van der Waals surface area contributed by atoms with Crippen LogP contribution in [0, 0.1) is 35.3 Å². The molecule has 14 N–H and O–H groups in total. The van der Waals surface area contributed by atoms with Crippen molar-refractivity contribution < 1.29 is 112 Å². The molecular weight excluding hydrogens is 1360 g/mol. The SMILES string of the molecule is CCC1CC(C(=O)NCCNC(=O)NCCNC(=O)C2CC(n3cc(-c4cccc(F)c4)nn3)C(O)[C@H](O[C@@H]3OC(CO)[C@H](O)C(n4cc(-c5cccc(F)c5)nn4)C3O)C2)C[C@@H](O[C@@H]2OC(CO)[C@H](O)C(O[C@@H](CC3CCCCC3)C(=O)N(C)C)C2NC(C)=O)C1O[C@@H]1OC(C)[C@@H](O)C(O)C1O. The van der Waals surface area contributed by atoms with E-state index in [1.807, 2.05) is 6.92 Å². The highest BCUT2D eigenvalue weighted by molar-refractivity contribution is 5.81. The minimum absolute atomic E-state index is 0.0469. The van der Waals surface area contributed by atoms with Crippen LogP contribution in [0.1, 0.15) is 103 Å². The fourth-order valence-corrected chi connectivity index (χ4v) is 14.8. The molecule has 3 aliphatic carbocycles. The van der Waals surface area contributed by atoms with Crippen LogP contribution in [-0.4, -0.2) is 280 Å². The number of aliphatic hydroxyl groups excluding tert-OH is 9. The number of aromatic nitrogens is 6. The lowest BCUT2D eigenvalue weighted by atomic mass is 9.75. The summed E-state index contributed by atoms with van der Waals surface area (Å²) in [5.41, 5.74) is 1.16. The molecule has 0 radical (unpaired) electrons. The molecule has 4 aromatic rings. The second-order valence-electron chi connectivity index (χ2n) is 27.8. The monoisotopic (exact) mass is 1460 g/mol. The molecule has 6 amide bonds. The van der Waals surface area contributed by atoms with E-state index in [1.165, 1.54) is 72.2 Å². The van der Waals surface area contributed by atoms with E-state index in [1.54, 1.807) is 26.2 Å². The number of halogens is 2. The van der Waals surface area contributed by atoms with Crippen molar-refractivity contribution in [1.29, 1.82) is 0 Å². The average Bonchev–Trinajstić information content (AvgIpc) is 1.70. The molecule has 570 valence electrons. The molecule has 2 aromatic heterocycles. The zero-order valence-electron chi connectivity index (χ0n) is 58.0. The van der Waals surface area contributed by atoms with Crippen LogP contribution < -0.4 is 26.6 Å².